The van der Waals surface area contributed by atoms with Crippen molar-refractivity contribution in [2.45, 2.75) is 24.9 Å². The lowest BCUT2D eigenvalue weighted by Gasteiger charge is -2.08. The molecule has 0 saturated heterocycles. The van der Waals surface area contributed by atoms with E-state index in [1.807, 2.05) is 0 Å². The molecule has 0 radical (unpaired) electrons. The maximum absolute atomic E-state index is 13.1. The molecule has 92 valence electrons. The summed E-state index contributed by atoms with van der Waals surface area (Å²) >= 11 is 1.73. The minimum atomic E-state index is -1.03. The van der Waals surface area contributed by atoms with Crippen LogP contribution in [0.5, 0.6) is 0 Å². The van der Waals surface area contributed by atoms with Gasteiger partial charge < -0.3 is 5.11 Å². The molecule has 2 nitrogen and oxygen atoms in total. The van der Waals surface area contributed by atoms with E-state index in [0.717, 1.165) is 17.4 Å². The Hall–Kier alpha value is -1.29. The van der Waals surface area contributed by atoms with Crippen molar-refractivity contribution in [2.75, 3.05) is 0 Å². The molecule has 1 N–H and O–H groups in total. The van der Waals surface area contributed by atoms with E-state index in [1.54, 1.807) is 17.8 Å². The zero-order valence-electron chi connectivity index (χ0n) is 9.81. The summed E-state index contributed by atoms with van der Waals surface area (Å²) in [7, 11) is 0. The number of thioether (sulfide) groups is 1. The van der Waals surface area contributed by atoms with E-state index < -0.39 is 5.97 Å². The third-order valence-corrected chi connectivity index (χ3v) is 3.23. The van der Waals surface area contributed by atoms with Crippen LogP contribution in [0.25, 0.3) is 6.08 Å². The summed E-state index contributed by atoms with van der Waals surface area (Å²) in [6.07, 6.45) is 2.46. The molecule has 0 saturated carbocycles. The first kappa shape index (κ1) is 13.8. The highest BCUT2D eigenvalue weighted by Gasteiger charge is 2.04. The first-order valence-corrected chi connectivity index (χ1v) is 6.35. The van der Waals surface area contributed by atoms with Gasteiger partial charge in [-0.2, -0.15) is 11.8 Å². The van der Waals surface area contributed by atoms with Crippen LogP contribution in [0.1, 0.15) is 25.0 Å². The van der Waals surface area contributed by atoms with Crippen molar-refractivity contribution in [1.82, 2.24) is 0 Å². The second kappa shape index (κ2) is 6.45. The van der Waals surface area contributed by atoms with Crippen LogP contribution in [0.2, 0.25) is 0 Å². The second-order valence-corrected chi connectivity index (χ2v) is 5.44. The molecule has 0 fully saturated rings. The molecular formula is C13H15FO2S. The maximum atomic E-state index is 13.1. The number of hydrogen-bond acceptors (Lipinski definition) is 2. The summed E-state index contributed by atoms with van der Waals surface area (Å²) < 4.78 is 13.1. The average Bonchev–Trinajstić information content (AvgIpc) is 2.24. The lowest BCUT2D eigenvalue weighted by molar-refractivity contribution is -0.131. The predicted octanol–water partition coefficient (Wildman–Crippen LogP) is 3.57. The van der Waals surface area contributed by atoms with E-state index >= 15 is 0 Å². The normalized spacial score (nSPS) is 11.3. The lowest BCUT2D eigenvalue weighted by atomic mass is 10.1. The zero-order chi connectivity index (χ0) is 12.8. The van der Waals surface area contributed by atoms with E-state index in [1.165, 1.54) is 18.2 Å². The fourth-order valence-corrected chi connectivity index (χ4v) is 2.05. The van der Waals surface area contributed by atoms with E-state index in [9.17, 15) is 9.18 Å². The number of aliphatic carboxylic acids is 1. The number of carbonyl (C=O) groups is 1. The maximum Gasteiger partial charge on any atom is 0.328 e. The van der Waals surface area contributed by atoms with Gasteiger partial charge in [0.05, 0.1) is 0 Å². The summed E-state index contributed by atoms with van der Waals surface area (Å²) in [6.45, 7) is 4.17. The molecule has 0 unspecified atom stereocenters. The Balaban J connectivity index is 2.91. The molecule has 0 aliphatic heterocycles. The summed E-state index contributed by atoms with van der Waals surface area (Å²) in [4.78, 5) is 10.4. The van der Waals surface area contributed by atoms with Gasteiger partial charge >= 0.3 is 5.97 Å². The fourth-order valence-electron chi connectivity index (χ4n) is 1.27. The van der Waals surface area contributed by atoms with Crippen molar-refractivity contribution in [1.29, 1.82) is 0 Å². The molecule has 0 aromatic heterocycles. The molecule has 1 aromatic rings. The van der Waals surface area contributed by atoms with E-state index in [0.29, 0.717) is 10.8 Å². The highest BCUT2D eigenvalue weighted by atomic mass is 32.2. The Labute approximate surface area is 105 Å². The summed E-state index contributed by atoms with van der Waals surface area (Å²) in [5.74, 6) is -0.637. The molecular weight excluding hydrogens is 239 g/mol. The van der Waals surface area contributed by atoms with Crippen LogP contribution in [0.4, 0.5) is 4.39 Å². The highest BCUT2D eigenvalue weighted by molar-refractivity contribution is 7.99. The zero-order valence-corrected chi connectivity index (χ0v) is 10.6. The molecule has 1 rings (SSSR count). The van der Waals surface area contributed by atoms with Gasteiger partial charge in [-0.15, -0.1) is 0 Å². The standard InChI is InChI=1S/C13H15FO2S/c1-9(2)17-8-11-3-5-12(14)7-10(11)4-6-13(15)16/h3-7,9H,8H2,1-2H3,(H,15,16)/b6-4+. The van der Waals surface area contributed by atoms with Gasteiger partial charge in [-0.1, -0.05) is 19.9 Å². The highest BCUT2D eigenvalue weighted by Crippen LogP contribution is 2.22. The van der Waals surface area contributed by atoms with Crippen molar-refractivity contribution in [3.8, 4) is 0 Å². The Morgan fingerprint density at radius 1 is 1.53 bits per heavy atom. The average molecular weight is 254 g/mol. The predicted molar refractivity (Wildman–Crippen MR) is 69.5 cm³/mol. The van der Waals surface area contributed by atoms with Gasteiger partial charge in [0.2, 0.25) is 0 Å². The number of carboxylic acids is 1. The largest absolute Gasteiger partial charge is 0.478 e. The number of hydrogen-bond donors (Lipinski definition) is 1. The van der Waals surface area contributed by atoms with Crippen LogP contribution in [0, 0.1) is 5.82 Å². The molecule has 0 atom stereocenters. The summed E-state index contributed by atoms with van der Waals surface area (Å²) in [6, 6.07) is 4.45. The smallest absolute Gasteiger partial charge is 0.328 e. The van der Waals surface area contributed by atoms with Gasteiger partial charge in [-0.05, 0) is 34.6 Å². The topological polar surface area (TPSA) is 37.3 Å². The molecule has 17 heavy (non-hydrogen) atoms. The van der Waals surface area contributed by atoms with Crippen LogP contribution in [0.3, 0.4) is 0 Å². The van der Waals surface area contributed by atoms with Gasteiger partial charge in [0.25, 0.3) is 0 Å². The van der Waals surface area contributed by atoms with Crippen LogP contribution >= 0.6 is 11.8 Å². The van der Waals surface area contributed by atoms with E-state index in [2.05, 4.69) is 13.8 Å². The molecule has 1 aromatic carbocycles. The van der Waals surface area contributed by atoms with Crippen molar-refractivity contribution >= 4 is 23.8 Å². The third-order valence-electron chi connectivity index (χ3n) is 2.09. The third kappa shape index (κ3) is 5.04. The Morgan fingerprint density at radius 2 is 2.24 bits per heavy atom. The van der Waals surface area contributed by atoms with Crippen LogP contribution in [-0.4, -0.2) is 16.3 Å². The van der Waals surface area contributed by atoms with Gasteiger partial charge in [-0.25, -0.2) is 9.18 Å². The number of rotatable bonds is 5. The molecule has 0 heterocycles. The second-order valence-electron chi connectivity index (χ2n) is 3.87. The van der Waals surface area contributed by atoms with Crippen LogP contribution in [-0.2, 0) is 10.5 Å². The first-order chi connectivity index (χ1) is 7.99. The molecule has 4 heteroatoms. The van der Waals surface area contributed by atoms with Crippen molar-refractivity contribution in [3.63, 3.8) is 0 Å². The number of benzene rings is 1. The van der Waals surface area contributed by atoms with E-state index in [4.69, 9.17) is 5.11 Å². The van der Waals surface area contributed by atoms with E-state index in [-0.39, 0.29) is 5.82 Å². The summed E-state index contributed by atoms with van der Waals surface area (Å²) in [5.41, 5.74) is 1.57. The van der Waals surface area contributed by atoms with Crippen molar-refractivity contribution < 1.29 is 14.3 Å². The van der Waals surface area contributed by atoms with Crippen molar-refractivity contribution in [2.24, 2.45) is 0 Å². The van der Waals surface area contributed by atoms with Gasteiger partial charge in [-0.3, -0.25) is 0 Å². The SMILES string of the molecule is CC(C)SCc1ccc(F)cc1/C=C/C(=O)O. The monoisotopic (exact) mass is 254 g/mol. The lowest BCUT2D eigenvalue weighted by Crippen LogP contribution is -1.94. The minimum Gasteiger partial charge on any atom is -0.478 e. The fraction of sp³-hybridized carbons (Fsp3) is 0.308. The van der Waals surface area contributed by atoms with Gasteiger partial charge in [0, 0.05) is 11.8 Å². The Kier molecular flexibility index (Phi) is 5.22. The van der Waals surface area contributed by atoms with Gasteiger partial charge in [0.1, 0.15) is 5.82 Å². The van der Waals surface area contributed by atoms with Crippen molar-refractivity contribution in [3.05, 3.63) is 41.2 Å². The quantitative estimate of drug-likeness (QED) is 0.816. The van der Waals surface area contributed by atoms with Crippen LogP contribution < -0.4 is 0 Å². The minimum absolute atomic E-state index is 0.353. The Bertz CT molecular complexity index is 427. The molecule has 0 aliphatic carbocycles. The number of halogens is 1. The molecule has 0 aliphatic rings. The molecule has 0 bridgehead atoms. The number of carboxylic acid groups (broad SMARTS) is 1. The van der Waals surface area contributed by atoms with Crippen LogP contribution in [0.15, 0.2) is 24.3 Å². The molecule has 0 amide bonds. The van der Waals surface area contributed by atoms with Gasteiger partial charge in [0.15, 0.2) is 0 Å². The first-order valence-electron chi connectivity index (χ1n) is 5.30. The molecule has 0 spiro atoms. The summed E-state index contributed by atoms with van der Waals surface area (Å²) in [5, 5.41) is 9.05. The Morgan fingerprint density at radius 3 is 2.82 bits per heavy atom.